The Kier molecular flexibility index (Phi) is 8.52. The Morgan fingerprint density at radius 1 is 1.17 bits per heavy atom. The summed E-state index contributed by atoms with van der Waals surface area (Å²) >= 11 is 0. The summed E-state index contributed by atoms with van der Waals surface area (Å²) in [6, 6.07) is 10.4. The number of carbonyl (C=O) groups excluding carboxylic acids is 1. The Balaban J connectivity index is 1.58. The predicted molar refractivity (Wildman–Crippen MR) is 97.9 cm³/mol. The molecule has 5 heteroatoms. The van der Waals surface area contributed by atoms with Crippen LogP contribution in [0.1, 0.15) is 12.0 Å². The number of nitrogens with zero attached hydrogens (tertiary/aromatic N) is 2. The maximum absolute atomic E-state index is 11.7. The van der Waals surface area contributed by atoms with E-state index in [1.807, 2.05) is 6.07 Å². The van der Waals surface area contributed by atoms with Crippen LogP contribution in [0.2, 0.25) is 0 Å². The molecule has 0 saturated carbocycles. The minimum absolute atomic E-state index is 0.111. The minimum Gasteiger partial charge on any atom is -0.383 e. The number of piperazine rings is 1. The van der Waals surface area contributed by atoms with Gasteiger partial charge in [-0.05, 0) is 5.56 Å². The number of ether oxygens (including phenoxy) is 1. The monoisotopic (exact) mass is 331 g/mol. The molecule has 1 saturated heterocycles. The number of methoxy groups -OCH3 is 1. The van der Waals surface area contributed by atoms with Crippen LogP contribution >= 0.6 is 0 Å². The Morgan fingerprint density at radius 2 is 1.88 bits per heavy atom. The van der Waals surface area contributed by atoms with Gasteiger partial charge in [0.15, 0.2) is 0 Å². The molecule has 1 aliphatic heterocycles. The van der Waals surface area contributed by atoms with Gasteiger partial charge in [-0.3, -0.25) is 9.69 Å². The summed E-state index contributed by atoms with van der Waals surface area (Å²) in [6.07, 6.45) is 4.97. The van der Waals surface area contributed by atoms with Gasteiger partial charge in [0.05, 0.1) is 6.61 Å². The number of nitrogens with one attached hydrogen (secondary N) is 1. The average Bonchev–Trinajstić information content (AvgIpc) is 2.62. The molecule has 1 fully saturated rings. The second-order valence-corrected chi connectivity index (χ2v) is 6.05. The van der Waals surface area contributed by atoms with E-state index in [4.69, 9.17) is 4.74 Å². The number of benzene rings is 1. The third-order valence-electron chi connectivity index (χ3n) is 4.22. The van der Waals surface area contributed by atoms with Crippen molar-refractivity contribution in [3.8, 4) is 0 Å². The van der Waals surface area contributed by atoms with Crippen LogP contribution in [0.5, 0.6) is 0 Å². The van der Waals surface area contributed by atoms with Crippen molar-refractivity contribution < 1.29 is 9.53 Å². The van der Waals surface area contributed by atoms with Crippen LogP contribution in [0.15, 0.2) is 36.4 Å². The zero-order valence-corrected chi connectivity index (χ0v) is 14.6. The first kappa shape index (κ1) is 18.6. The van der Waals surface area contributed by atoms with Crippen LogP contribution in [0.25, 0.3) is 6.08 Å². The quantitative estimate of drug-likeness (QED) is 0.696. The molecule has 0 spiro atoms. The van der Waals surface area contributed by atoms with Crippen molar-refractivity contribution in [2.24, 2.45) is 0 Å². The summed E-state index contributed by atoms with van der Waals surface area (Å²) in [5.41, 5.74) is 1.25. The van der Waals surface area contributed by atoms with Crippen molar-refractivity contribution >= 4 is 12.0 Å². The Labute approximate surface area is 145 Å². The van der Waals surface area contributed by atoms with E-state index in [-0.39, 0.29) is 5.91 Å². The Morgan fingerprint density at radius 3 is 2.58 bits per heavy atom. The van der Waals surface area contributed by atoms with Crippen molar-refractivity contribution in [1.29, 1.82) is 0 Å². The molecule has 5 nitrogen and oxygen atoms in total. The van der Waals surface area contributed by atoms with Crippen molar-refractivity contribution in [3.05, 3.63) is 42.0 Å². The van der Waals surface area contributed by atoms with E-state index < -0.39 is 0 Å². The fourth-order valence-electron chi connectivity index (χ4n) is 2.74. The molecule has 0 unspecified atom stereocenters. The number of hydrogen-bond donors (Lipinski definition) is 1. The van der Waals surface area contributed by atoms with Crippen LogP contribution in [-0.4, -0.2) is 75.2 Å². The lowest BCUT2D eigenvalue weighted by Crippen LogP contribution is -2.47. The van der Waals surface area contributed by atoms with Gasteiger partial charge >= 0.3 is 0 Å². The first-order chi connectivity index (χ1) is 11.8. The van der Waals surface area contributed by atoms with E-state index in [0.717, 1.165) is 39.3 Å². The van der Waals surface area contributed by atoms with Gasteiger partial charge in [-0.1, -0.05) is 42.5 Å². The number of hydrogen-bond acceptors (Lipinski definition) is 4. The molecule has 0 atom stereocenters. The summed E-state index contributed by atoms with van der Waals surface area (Å²) in [5.74, 6) is 0.111. The molecule has 0 bridgehead atoms. The Hall–Kier alpha value is -1.69. The zero-order valence-electron chi connectivity index (χ0n) is 14.6. The van der Waals surface area contributed by atoms with Gasteiger partial charge in [0, 0.05) is 59.3 Å². The minimum atomic E-state index is 0.111. The molecule has 0 aliphatic carbocycles. The van der Waals surface area contributed by atoms with E-state index in [1.165, 1.54) is 5.56 Å². The Bertz CT molecular complexity index is 497. The summed E-state index contributed by atoms with van der Waals surface area (Å²) in [7, 11) is 1.64. The maximum Gasteiger partial charge on any atom is 0.221 e. The third-order valence-corrected chi connectivity index (χ3v) is 4.22. The third kappa shape index (κ3) is 7.25. The normalized spacial score (nSPS) is 16.5. The van der Waals surface area contributed by atoms with Gasteiger partial charge < -0.3 is 15.0 Å². The molecule has 0 radical (unpaired) electrons. The molecule has 1 aliphatic rings. The van der Waals surface area contributed by atoms with Gasteiger partial charge in [0.2, 0.25) is 5.91 Å². The van der Waals surface area contributed by atoms with Crippen LogP contribution < -0.4 is 5.32 Å². The van der Waals surface area contributed by atoms with Crippen molar-refractivity contribution in [2.45, 2.75) is 6.42 Å². The fourth-order valence-corrected chi connectivity index (χ4v) is 2.74. The lowest BCUT2D eigenvalue weighted by molar-refractivity contribution is -0.121. The van der Waals surface area contributed by atoms with Crippen LogP contribution in [0, 0.1) is 0 Å². The lowest BCUT2D eigenvalue weighted by atomic mass is 10.2. The van der Waals surface area contributed by atoms with Gasteiger partial charge in [0.25, 0.3) is 0 Å². The second-order valence-electron chi connectivity index (χ2n) is 6.05. The molecule has 1 aromatic carbocycles. The molecule has 1 heterocycles. The summed E-state index contributed by atoms with van der Waals surface area (Å²) in [5, 5.41) is 2.87. The fraction of sp³-hybridized carbons (Fsp3) is 0.526. The van der Waals surface area contributed by atoms with Gasteiger partial charge in [-0.25, -0.2) is 0 Å². The topological polar surface area (TPSA) is 44.8 Å². The van der Waals surface area contributed by atoms with Gasteiger partial charge in [-0.2, -0.15) is 0 Å². The highest BCUT2D eigenvalue weighted by Crippen LogP contribution is 2.05. The molecule has 2 rings (SSSR count). The lowest BCUT2D eigenvalue weighted by Gasteiger charge is -2.34. The van der Waals surface area contributed by atoms with Crippen LogP contribution in [-0.2, 0) is 9.53 Å². The maximum atomic E-state index is 11.7. The second kappa shape index (κ2) is 11.0. The van der Waals surface area contributed by atoms with Crippen molar-refractivity contribution in [2.75, 3.05) is 59.5 Å². The predicted octanol–water partition coefficient (Wildman–Crippen LogP) is 1.47. The van der Waals surface area contributed by atoms with Crippen LogP contribution in [0.3, 0.4) is 0 Å². The van der Waals surface area contributed by atoms with E-state index in [1.54, 1.807) is 7.11 Å². The largest absolute Gasteiger partial charge is 0.383 e. The standard InChI is InChI=1S/C19H29N3O2/c1-24-17-10-20-19(23)9-12-22-15-13-21(14-16-22)11-5-8-18-6-3-2-4-7-18/h2-8H,9-17H2,1H3,(H,20,23)/b8-5+. The van der Waals surface area contributed by atoms with Crippen LogP contribution in [0.4, 0.5) is 0 Å². The highest BCUT2D eigenvalue weighted by Gasteiger charge is 2.16. The first-order valence-electron chi connectivity index (χ1n) is 8.70. The molecule has 1 amide bonds. The average molecular weight is 331 g/mol. The van der Waals surface area contributed by atoms with Gasteiger partial charge in [-0.15, -0.1) is 0 Å². The summed E-state index contributed by atoms with van der Waals surface area (Å²) in [4.78, 5) is 16.5. The van der Waals surface area contributed by atoms with Gasteiger partial charge in [0.1, 0.15) is 0 Å². The van der Waals surface area contributed by atoms with Crippen molar-refractivity contribution in [1.82, 2.24) is 15.1 Å². The molecule has 24 heavy (non-hydrogen) atoms. The SMILES string of the molecule is COCCNC(=O)CCN1CCN(C/C=C/c2ccccc2)CC1. The molecular formula is C19H29N3O2. The van der Waals surface area contributed by atoms with Crippen molar-refractivity contribution in [3.63, 3.8) is 0 Å². The van der Waals surface area contributed by atoms with E-state index in [9.17, 15) is 4.79 Å². The number of amides is 1. The molecular weight excluding hydrogens is 302 g/mol. The molecule has 1 aromatic rings. The number of rotatable bonds is 9. The highest BCUT2D eigenvalue weighted by atomic mass is 16.5. The smallest absolute Gasteiger partial charge is 0.221 e. The summed E-state index contributed by atoms with van der Waals surface area (Å²) in [6.45, 7) is 7.18. The van der Waals surface area contributed by atoms with E-state index in [0.29, 0.717) is 19.6 Å². The highest BCUT2D eigenvalue weighted by molar-refractivity contribution is 5.76. The summed E-state index contributed by atoms with van der Waals surface area (Å²) < 4.78 is 4.92. The number of carbonyl (C=O) groups is 1. The molecule has 1 N–H and O–H groups in total. The molecule has 0 aromatic heterocycles. The molecule has 132 valence electrons. The van der Waals surface area contributed by atoms with E-state index in [2.05, 4.69) is 51.5 Å². The van der Waals surface area contributed by atoms with E-state index >= 15 is 0 Å². The zero-order chi connectivity index (χ0) is 17.0. The first-order valence-corrected chi connectivity index (χ1v) is 8.70.